The summed E-state index contributed by atoms with van der Waals surface area (Å²) in [6, 6.07) is -0.148. The molecule has 0 spiro atoms. The van der Waals surface area contributed by atoms with E-state index in [0.29, 0.717) is 0 Å². The Morgan fingerprint density at radius 3 is 2.47 bits per heavy atom. The standard InChI is InChI=1S/C10H23N3O3S/c1-4-5-9(11)8-10(14)12-6-7-17(15,16)13(2)3/h9H,4-8,11H2,1-3H3,(H,12,14). The van der Waals surface area contributed by atoms with Crippen molar-refractivity contribution in [1.82, 2.24) is 9.62 Å². The van der Waals surface area contributed by atoms with E-state index in [4.69, 9.17) is 5.73 Å². The minimum Gasteiger partial charge on any atom is -0.355 e. The molecule has 1 amide bonds. The van der Waals surface area contributed by atoms with Crippen molar-refractivity contribution < 1.29 is 13.2 Å². The number of rotatable bonds is 8. The SMILES string of the molecule is CCCC(N)CC(=O)NCCS(=O)(=O)N(C)C. The van der Waals surface area contributed by atoms with Crippen LogP contribution in [0.1, 0.15) is 26.2 Å². The van der Waals surface area contributed by atoms with Crippen molar-refractivity contribution in [3.63, 3.8) is 0 Å². The smallest absolute Gasteiger partial charge is 0.221 e. The number of nitrogens with one attached hydrogen (secondary N) is 1. The van der Waals surface area contributed by atoms with Crippen LogP contribution in [-0.4, -0.2) is 51.1 Å². The van der Waals surface area contributed by atoms with Gasteiger partial charge in [0.25, 0.3) is 0 Å². The summed E-state index contributed by atoms with van der Waals surface area (Å²) < 4.78 is 23.9. The molecule has 0 saturated heterocycles. The first-order valence-corrected chi connectivity index (χ1v) is 7.33. The highest BCUT2D eigenvalue weighted by atomic mass is 32.2. The number of hydrogen-bond donors (Lipinski definition) is 2. The van der Waals surface area contributed by atoms with E-state index in [9.17, 15) is 13.2 Å². The first-order valence-electron chi connectivity index (χ1n) is 5.72. The molecule has 3 N–H and O–H groups in total. The van der Waals surface area contributed by atoms with Crippen LogP contribution in [0.4, 0.5) is 0 Å². The van der Waals surface area contributed by atoms with Gasteiger partial charge in [0.2, 0.25) is 15.9 Å². The summed E-state index contributed by atoms with van der Waals surface area (Å²) in [7, 11) is -0.312. The Kier molecular flexibility index (Phi) is 7.33. The zero-order valence-electron chi connectivity index (χ0n) is 10.8. The number of nitrogens with zero attached hydrogens (tertiary/aromatic N) is 1. The predicted molar refractivity (Wildman–Crippen MR) is 68.0 cm³/mol. The van der Waals surface area contributed by atoms with Crippen LogP contribution in [0, 0.1) is 0 Å². The normalized spacial score (nSPS) is 13.7. The Hall–Kier alpha value is -0.660. The lowest BCUT2D eigenvalue weighted by Gasteiger charge is -2.13. The van der Waals surface area contributed by atoms with Crippen molar-refractivity contribution in [2.24, 2.45) is 5.73 Å². The maximum Gasteiger partial charge on any atom is 0.221 e. The Morgan fingerprint density at radius 2 is 2.00 bits per heavy atom. The number of sulfonamides is 1. The number of carbonyl (C=O) groups excluding carboxylic acids is 1. The van der Waals surface area contributed by atoms with Crippen molar-refractivity contribution in [2.45, 2.75) is 32.2 Å². The lowest BCUT2D eigenvalue weighted by Crippen LogP contribution is -2.36. The van der Waals surface area contributed by atoms with Gasteiger partial charge < -0.3 is 11.1 Å². The number of nitrogens with two attached hydrogens (primary N) is 1. The Bertz CT molecular complexity index is 328. The summed E-state index contributed by atoms with van der Waals surface area (Å²) in [5, 5.41) is 2.56. The van der Waals surface area contributed by atoms with Crippen LogP contribution >= 0.6 is 0 Å². The fraction of sp³-hybridized carbons (Fsp3) is 0.900. The maximum absolute atomic E-state index is 11.4. The minimum atomic E-state index is -3.25. The van der Waals surface area contributed by atoms with Crippen LogP contribution in [0.5, 0.6) is 0 Å². The molecule has 0 aliphatic heterocycles. The molecule has 0 aliphatic carbocycles. The third-order valence-corrected chi connectivity index (χ3v) is 4.18. The van der Waals surface area contributed by atoms with Gasteiger partial charge in [-0.15, -0.1) is 0 Å². The lowest BCUT2D eigenvalue weighted by atomic mass is 10.1. The molecule has 6 nitrogen and oxygen atoms in total. The summed E-state index contributed by atoms with van der Waals surface area (Å²) >= 11 is 0. The van der Waals surface area contributed by atoms with E-state index < -0.39 is 10.0 Å². The summed E-state index contributed by atoms with van der Waals surface area (Å²) in [4.78, 5) is 11.4. The summed E-state index contributed by atoms with van der Waals surface area (Å²) in [5.41, 5.74) is 5.70. The first kappa shape index (κ1) is 16.3. The van der Waals surface area contributed by atoms with Crippen LogP contribution in [0.15, 0.2) is 0 Å². The molecule has 0 aromatic carbocycles. The van der Waals surface area contributed by atoms with Crippen LogP contribution in [0.25, 0.3) is 0 Å². The quantitative estimate of drug-likeness (QED) is 0.619. The van der Waals surface area contributed by atoms with Crippen molar-refractivity contribution in [3.8, 4) is 0 Å². The Morgan fingerprint density at radius 1 is 1.41 bits per heavy atom. The zero-order valence-corrected chi connectivity index (χ0v) is 11.6. The summed E-state index contributed by atoms with van der Waals surface area (Å²) in [6.07, 6.45) is 1.97. The lowest BCUT2D eigenvalue weighted by molar-refractivity contribution is -0.121. The molecule has 0 saturated carbocycles. The Balaban J connectivity index is 3.87. The molecule has 0 fully saturated rings. The second-order valence-electron chi connectivity index (χ2n) is 4.20. The topological polar surface area (TPSA) is 92.5 Å². The minimum absolute atomic E-state index is 0.0885. The highest BCUT2D eigenvalue weighted by Gasteiger charge is 2.14. The first-order chi connectivity index (χ1) is 7.79. The highest BCUT2D eigenvalue weighted by molar-refractivity contribution is 7.89. The molecule has 0 rings (SSSR count). The predicted octanol–water partition coefficient (Wildman–Crippen LogP) is -0.488. The van der Waals surface area contributed by atoms with Crippen LogP contribution in [0.3, 0.4) is 0 Å². The van der Waals surface area contributed by atoms with Gasteiger partial charge in [-0.25, -0.2) is 12.7 Å². The third kappa shape index (κ3) is 7.30. The van der Waals surface area contributed by atoms with Crippen LogP contribution in [0.2, 0.25) is 0 Å². The second kappa shape index (κ2) is 7.62. The molecular formula is C10H23N3O3S. The Labute approximate surface area is 104 Å². The summed E-state index contributed by atoms with van der Waals surface area (Å²) in [6.45, 7) is 2.12. The van der Waals surface area contributed by atoms with Gasteiger partial charge in [0.15, 0.2) is 0 Å². The monoisotopic (exact) mass is 265 g/mol. The molecule has 0 aliphatic rings. The van der Waals surface area contributed by atoms with E-state index in [-0.39, 0.29) is 30.7 Å². The second-order valence-corrected chi connectivity index (χ2v) is 6.50. The molecule has 102 valence electrons. The van der Waals surface area contributed by atoms with Gasteiger partial charge in [0.1, 0.15) is 0 Å². The van der Waals surface area contributed by atoms with Crippen molar-refractivity contribution >= 4 is 15.9 Å². The van der Waals surface area contributed by atoms with Crippen molar-refractivity contribution in [2.75, 3.05) is 26.4 Å². The van der Waals surface area contributed by atoms with Crippen molar-refractivity contribution in [3.05, 3.63) is 0 Å². The van der Waals surface area contributed by atoms with E-state index in [1.807, 2.05) is 6.92 Å². The molecule has 0 bridgehead atoms. The fourth-order valence-corrected chi connectivity index (χ4v) is 2.01. The largest absolute Gasteiger partial charge is 0.355 e. The van der Waals surface area contributed by atoms with E-state index in [0.717, 1.165) is 17.1 Å². The van der Waals surface area contributed by atoms with Crippen molar-refractivity contribution in [1.29, 1.82) is 0 Å². The molecule has 0 aromatic rings. The molecule has 17 heavy (non-hydrogen) atoms. The number of carbonyl (C=O) groups is 1. The zero-order chi connectivity index (χ0) is 13.5. The van der Waals surface area contributed by atoms with Crippen LogP contribution in [-0.2, 0) is 14.8 Å². The fourth-order valence-electron chi connectivity index (χ4n) is 1.29. The average molecular weight is 265 g/mol. The van der Waals surface area contributed by atoms with Gasteiger partial charge in [0, 0.05) is 33.1 Å². The van der Waals surface area contributed by atoms with E-state index >= 15 is 0 Å². The highest BCUT2D eigenvalue weighted by Crippen LogP contribution is 1.98. The number of hydrogen-bond acceptors (Lipinski definition) is 4. The van der Waals surface area contributed by atoms with Gasteiger partial charge in [-0.2, -0.15) is 0 Å². The summed E-state index contributed by atoms with van der Waals surface area (Å²) in [5.74, 6) is -0.283. The molecule has 0 radical (unpaired) electrons. The molecule has 0 heterocycles. The third-order valence-electron chi connectivity index (χ3n) is 2.35. The molecule has 1 atom stereocenters. The molecule has 1 unspecified atom stereocenters. The van der Waals surface area contributed by atoms with Gasteiger partial charge in [-0.3, -0.25) is 4.79 Å². The van der Waals surface area contributed by atoms with Gasteiger partial charge in [-0.1, -0.05) is 13.3 Å². The molecule has 0 aromatic heterocycles. The molecular weight excluding hydrogens is 242 g/mol. The number of amides is 1. The maximum atomic E-state index is 11.4. The van der Waals surface area contributed by atoms with Gasteiger partial charge in [0.05, 0.1) is 5.75 Å². The van der Waals surface area contributed by atoms with E-state index in [1.165, 1.54) is 14.1 Å². The van der Waals surface area contributed by atoms with Gasteiger partial charge >= 0.3 is 0 Å². The molecule has 7 heteroatoms. The average Bonchev–Trinajstić information content (AvgIpc) is 2.16. The van der Waals surface area contributed by atoms with Gasteiger partial charge in [-0.05, 0) is 6.42 Å². The van der Waals surface area contributed by atoms with E-state index in [1.54, 1.807) is 0 Å². The van der Waals surface area contributed by atoms with E-state index in [2.05, 4.69) is 5.32 Å². The van der Waals surface area contributed by atoms with Crippen LogP contribution < -0.4 is 11.1 Å².